The first-order valence-corrected chi connectivity index (χ1v) is 12.9. The molecule has 204 valence electrons. The van der Waals surface area contributed by atoms with Gasteiger partial charge in [-0.15, -0.1) is 11.6 Å². The highest BCUT2D eigenvalue weighted by Crippen LogP contribution is 2.20. The van der Waals surface area contributed by atoms with E-state index in [2.05, 4.69) is 22.8 Å². The maximum atomic E-state index is 12.9. The molecule has 1 unspecified atom stereocenters. The summed E-state index contributed by atoms with van der Waals surface area (Å²) in [6, 6.07) is 9.28. The number of nitrogens with zero attached hydrogens (tertiary/aromatic N) is 1. The average Bonchev–Trinajstić information content (AvgIpc) is 2.76. The minimum absolute atomic E-state index is 0.0260. The molecular weight excluding hydrogens is 482 g/mol. The number of amides is 3. The van der Waals surface area contributed by atoms with Crippen LogP contribution in [0.5, 0.6) is 0 Å². The molecule has 0 spiro atoms. The molecule has 0 aliphatic heterocycles. The number of benzene rings is 1. The van der Waals surface area contributed by atoms with Crippen molar-refractivity contribution in [3.05, 3.63) is 35.9 Å². The number of halogens is 1. The maximum Gasteiger partial charge on any atom is 0.410 e. The number of rotatable bonds is 12. The van der Waals surface area contributed by atoms with Crippen LogP contribution in [0.25, 0.3) is 0 Å². The van der Waals surface area contributed by atoms with Crippen molar-refractivity contribution in [1.82, 2.24) is 15.5 Å². The van der Waals surface area contributed by atoms with Gasteiger partial charge in [0.1, 0.15) is 17.5 Å². The second-order valence-electron chi connectivity index (χ2n) is 11.6. The predicted octanol–water partition coefficient (Wildman–Crippen LogP) is 3.88. The van der Waals surface area contributed by atoms with Gasteiger partial charge in [-0.05, 0) is 57.9 Å². The number of hydrogen-bond donors (Lipinski definition) is 3. The molecule has 0 bridgehead atoms. The number of carbonyl (C=O) groups is 3. The molecular formula is C27H44ClN3O5. The second-order valence-corrected chi connectivity index (χ2v) is 11.8. The van der Waals surface area contributed by atoms with E-state index in [9.17, 15) is 19.5 Å². The smallest absolute Gasteiger partial charge is 0.410 e. The average molecular weight is 526 g/mol. The summed E-state index contributed by atoms with van der Waals surface area (Å²) in [6.07, 6.45) is 1.97. The van der Waals surface area contributed by atoms with Gasteiger partial charge in [0, 0.05) is 13.1 Å². The van der Waals surface area contributed by atoms with Gasteiger partial charge in [0.15, 0.2) is 0 Å². The van der Waals surface area contributed by atoms with Gasteiger partial charge in [-0.1, -0.05) is 51.1 Å². The van der Waals surface area contributed by atoms with E-state index in [1.807, 2.05) is 39.0 Å². The maximum absolute atomic E-state index is 12.9. The lowest BCUT2D eigenvalue weighted by atomic mass is 9.86. The minimum Gasteiger partial charge on any atom is -0.444 e. The molecule has 9 heteroatoms. The Morgan fingerprint density at radius 1 is 1.03 bits per heavy atom. The second kappa shape index (κ2) is 13.8. The Bertz CT molecular complexity index is 847. The lowest BCUT2D eigenvalue weighted by molar-refractivity contribution is -0.131. The zero-order valence-corrected chi connectivity index (χ0v) is 23.6. The Kier molecular flexibility index (Phi) is 12.2. The molecule has 3 amide bonds. The van der Waals surface area contributed by atoms with Crippen LogP contribution in [0.3, 0.4) is 0 Å². The number of unbranched alkanes of at least 4 members (excludes halogenated alkanes) is 1. The molecule has 3 N–H and O–H groups in total. The summed E-state index contributed by atoms with van der Waals surface area (Å²) in [6.45, 7) is 12.7. The molecule has 0 fully saturated rings. The molecule has 0 heterocycles. The van der Waals surface area contributed by atoms with E-state index in [0.717, 1.165) is 19.3 Å². The van der Waals surface area contributed by atoms with Crippen LogP contribution in [0.4, 0.5) is 4.79 Å². The molecule has 0 aliphatic rings. The van der Waals surface area contributed by atoms with Crippen molar-refractivity contribution in [1.29, 1.82) is 0 Å². The molecule has 8 nitrogen and oxygen atoms in total. The molecule has 2 atom stereocenters. The fraction of sp³-hybridized carbons (Fsp3) is 0.667. The summed E-state index contributed by atoms with van der Waals surface area (Å²) in [5, 5.41) is 16.4. The van der Waals surface area contributed by atoms with Gasteiger partial charge >= 0.3 is 6.09 Å². The van der Waals surface area contributed by atoms with Crippen LogP contribution in [-0.2, 0) is 20.7 Å². The van der Waals surface area contributed by atoms with Crippen molar-refractivity contribution < 1.29 is 24.2 Å². The van der Waals surface area contributed by atoms with E-state index in [1.165, 1.54) is 10.5 Å². The van der Waals surface area contributed by atoms with Crippen molar-refractivity contribution >= 4 is 29.5 Å². The van der Waals surface area contributed by atoms with Crippen molar-refractivity contribution in [2.45, 2.75) is 85.0 Å². The third-order valence-corrected chi connectivity index (χ3v) is 5.61. The molecule has 1 aromatic rings. The lowest BCUT2D eigenvalue weighted by Gasteiger charge is -2.35. The fourth-order valence-electron chi connectivity index (χ4n) is 3.56. The summed E-state index contributed by atoms with van der Waals surface area (Å²) in [4.78, 5) is 39.0. The van der Waals surface area contributed by atoms with E-state index in [4.69, 9.17) is 16.3 Å². The highest BCUT2D eigenvalue weighted by Gasteiger charge is 2.35. The molecule has 0 aliphatic carbocycles. The summed E-state index contributed by atoms with van der Waals surface area (Å²) in [5.74, 6) is -1.15. The SMILES string of the molecule is CC(O)(CNC(=O)[C@@H](NC(=O)CCl)C(C)(C)C)CN(CCCCc1ccccc1)C(=O)OC(C)(C)C. The van der Waals surface area contributed by atoms with Gasteiger partial charge in [0.2, 0.25) is 11.8 Å². The zero-order valence-electron chi connectivity index (χ0n) is 22.8. The highest BCUT2D eigenvalue weighted by atomic mass is 35.5. The molecule has 36 heavy (non-hydrogen) atoms. The van der Waals surface area contributed by atoms with Crippen LogP contribution >= 0.6 is 11.6 Å². The van der Waals surface area contributed by atoms with Gasteiger partial charge in [-0.25, -0.2) is 4.79 Å². The van der Waals surface area contributed by atoms with Crippen molar-refractivity contribution in [2.75, 3.05) is 25.5 Å². The lowest BCUT2D eigenvalue weighted by Crippen LogP contribution is -2.57. The summed E-state index contributed by atoms with van der Waals surface area (Å²) in [7, 11) is 0. The normalized spacial score (nSPS) is 14.4. The van der Waals surface area contributed by atoms with Crippen LogP contribution in [0.1, 0.15) is 66.9 Å². The van der Waals surface area contributed by atoms with Gasteiger partial charge in [-0.2, -0.15) is 0 Å². The number of aryl methyl sites for hydroxylation is 1. The number of carbonyl (C=O) groups excluding carboxylic acids is 3. The molecule has 1 aromatic carbocycles. The number of hydrogen-bond acceptors (Lipinski definition) is 5. The van der Waals surface area contributed by atoms with Gasteiger partial charge in [0.05, 0.1) is 12.1 Å². The summed E-state index contributed by atoms with van der Waals surface area (Å²) < 4.78 is 5.55. The minimum atomic E-state index is -1.43. The van der Waals surface area contributed by atoms with E-state index < -0.39 is 40.6 Å². The standard InChI is InChI=1S/C27H44ClN3O5/c1-25(2,3)22(30-21(32)17-28)23(33)29-18-27(7,35)19-31(24(34)36-26(4,5)6)16-12-11-15-20-13-9-8-10-14-20/h8-10,13-14,22,35H,11-12,15-19H2,1-7H3,(H,29,33)(H,30,32)/t22-,27?/m1/s1. The Labute approximate surface area is 221 Å². The zero-order chi connectivity index (χ0) is 27.6. The van der Waals surface area contributed by atoms with Crippen LogP contribution < -0.4 is 10.6 Å². The molecule has 0 aromatic heterocycles. The van der Waals surface area contributed by atoms with Gasteiger partial charge in [-0.3, -0.25) is 9.59 Å². The number of alkyl halides is 1. The van der Waals surface area contributed by atoms with Gasteiger partial charge in [0.25, 0.3) is 0 Å². The molecule has 0 saturated carbocycles. The summed E-state index contributed by atoms with van der Waals surface area (Å²) in [5.41, 5.74) is -1.45. The van der Waals surface area contributed by atoms with Crippen LogP contribution in [0.15, 0.2) is 30.3 Å². The molecule has 1 rings (SSSR count). The van der Waals surface area contributed by atoms with Crippen LogP contribution in [-0.4, -0.2) is 70.7 Å². The Morgan fingerprint density at radius 2 is 1.64 bits per heavy atom. The Hall–Kier alpha value is -2.32. The third kappa shape index (κ3) is 12.6. The van der Waals surface area contributed by atoms with Crippen molar-refractivity contribution in [3.63, 3.8) is 0 Å². The third-order valence-electron chi connectivity index (χ3n) is 5.37. The number of ether oxygens (including phenoxy) is 1. The first kappa shape index (κ1) is 31.7. The topological polar surface area (TPSA) is 108 Å². The quantitative estimate of drug-likeness (QED) is 0.283. The summed E-state index contributed by atoms with van der Waals surface area (Å²) >= 11 is 5.59. The fourth-order valence-corrected chi connectivity index (χ4v) is 3.64. The van der Waals surface area contributed by atoms with E-state index in [-0.39, 0.29) is 19.0 Å². The largest absolute Gasteiger partial charge is 0.444 e. The number of nitrogens with one attached hydrogen (secondary N) is 2. The monoisotopic (exact) mass is 525 g/mol. The highest BCUT2D eigenvalue weighted by molar-refractivity contribution is 6.27. The van der Waals surface area contributed by atoms with Crippen LogP contribution in [0, 0.1) is 5.41 Å². The van der Waals surface area contributed by atoms with Crippen molar-refractivity contribution in [3.8, 4) is 0 Å². The van der Waals surface area contributed by atoms with E-state index in [1.54, 1.807) is 27.7 Å². The first-order chi connectivity index (χ1) is 16.5. The first-order valence-electron chi connectivity index (χ1n) is 12.4. The van der Waals surface area contributed by atoms with Crippen LogP contribution in [0.2, 0.25) is 0 Å². The number of aliphatic hydroxyl groups is 1. The Balaban J connectivity index is 2.81. The van der Waals surface area contributed by atoms with E-state index >= 15 is 0 Å². The van der Waals surface area contributed by atoms with E-state index in [0.29, 0.717) is 6.54 Å². The molecule has 0 saturated heterocycles. The predicted molar refractivity (Wildman–Crippen MR) is 143 cm³/mol. The molecule has 0 radical (unpaired) electrons. The van der Waals surface area contributed by atoms with Crippen molar-refractivity contribution in [2.24, 2.45) is 5.41 Å². The Morgan fingerprint density at radius 3 is 2.17 bits per heavy atom. The van der Waals surface area contributed by atoms with Gasteiger partial charge < -0.3 is 25.4 Å².